The summed E-state index contributed by atoms with van der Waals surface area (Å²) in [5.41, 5.74) is -1.16. The van der Waals surface area contributed by atoms with Gasteiger partial charge >= 0.3 is 6.18 Å². The van der Waals surface area contributed by atoms with Crippen LogP contribution in [-0.2, 0) is 17.5 Å². The van der Waals surface area contributed by atoms with Crippen molar-refractivity contribution in [2.45, 2.75) is 70.3 Å². The molecular formula is C20H24F3N3O3. The molecule has 1 aliphatic carbocycles. The standard InChI is InChI=1S/C20H24F3N3O3/c1-11(2)18-14-9-12(20(21,22)23)7-8-13(14)19(29)26(25-18)10-17(28)24-15-5-3-4-6-16(15)27/h7-9,11,15-16,27H,3-6,10H2,1-2H3,(H,24,28)/t15-,16-/m1/s1. The molecule has 0 bridgehead atoms. The Bertz CT molecular complexity index is 969. The zero-order valence-electron chi connectivity index (χ0n) is 16.3. The third kappa shape index (κ3) is 4.60. The number of carbonyl (C=O) groups is 1. The van der Waals surface area contributed by atoms with Gasteiger partial charge < -0.3 is 10.4 Å². The molecule has 1 aromatic heterocycles. The van der Waals surface area contributed by atoms with Crippen LogP contribution in [0, 0.1) is 0 Å². The van der Waals surface area contributed by atoms with Gasteiger partial charge in [0.15, 0.2) is 0 Å². The van der Waals surface area contributed by atoms with Crippen LogP contribution >= 0.6 is 0 Å². The first-order valence-electron chi connectivity index (χ1n) is 9.67. The van der Waals surface area contributed by atoms with Crippen molar-refractivity contribution in [1.82, 2.24) is 15.1 Å². The highest BCUT2D eigenvalue weighted by atomic mass is 19.4. The van der Waals surface area contributed by atoms with Crippen LogP contribution in [0.25, 0.3) is 10.8 Å². The molecule has 0 radical (unpaired) electrons. The van der Waals surface area contributed by atoms with Crippen LogP contribution in [0.15, 0.2) is 23.0 Å². The maximum Gasteiger partial charge on any atom is 0.416 e. The van der Waals surface area contributed by atoms with E-state index in [9.17, 15) is 27.9 Å². The van der Waals surface area contributed by atoms with Crippen LogP contribution < -0.4 is 10.9 Å². The molecule has 0 spiro atoms. The van der Waals surface area contributed by atoms with Crippen molar-refractivity contribution < 1.29 is 23.1 Å². The van der Waals surface area contributed by atoms with E-state index < -0.39 is 29.3 Å². The fraction of sp³-hybridized carbons (Fsp3) is 0.550. The number of aliphatic hydroxyl groups excluding tert-OH is 1. The van der Waals surface area contributed by atoms with Gasteiger partial charge in [0, 0.05) is 5.39 Å². The monoisotopic (exact) mass is 411 g/mol. The Morgan fingerprint density at radius 2 is 1.97 bits per heavy atom. The van der Waals surface area contributed by atoms with Crippen molar-refractivity contribution in [3.05, 3.63) is 39.8 Å². The van der Waals surface area contributed by atoms with Crippen LogP contribution in [0.4, 0.5) is 13.2 Å². The SMILES string of the molecule is CC(C)c1nn(CC(=O)N[C@@H]2CCCC[C@H]2O)c(=O)c2ccc(C(F)(F)F)cc12. The minimum Gasteiger partial charge on any atom is -0.391 e. The molecule has 0 aliphatic heterocycles. The Labute approximate surface area is 165 Å². The molecule has 2 atom stereocenters. The highest BCUT2D eigenvalue weighted by Gasteiger charge is 2.31. The number of aliphatic hydroxyl groups is 1. The topological polar surface area (TPSA) is 84.2 Å². The Hall–Kier alpha value is -2.42. The summed E-state index contributed by atoms with van der Waals surface area (Å²) < 4.78 is 40.2. The minimum atomic E-state index is -4.53. The summed E-state index contributed by atoms with van der Waals surface area (Å²) in [6.07, 6.45) is -2.09. The van der Waals surface area contributed by atoms with E-state index in [1.807, 2.05) is 0 Å². The molecular weight excluding hydrogens is 387 g/mol. The zero-order valence-corrected chi connectivity index (χ0v) is 16.3. The molecule has 0 unspecified atom stereocenters. The molecule has 29 heavy (non-hydrogen) atoms. The molecule has 1 amide bonds. The Morgan fingerprint density at radius 1 is 1.28 bits per heavy atom. The Kier molecular flexibility index (Phi) is 5.97. The van der Waals surface area contributed by atoms with Gasteiger partial charge in [-0.3, -0.25) is 9.59 Å². The van der Waals surface area contributed by atoms with Crippen molar-refractivity contribution in [2.75, 3.05) is 0 Å². The molecule has 2 N–H and O–H groups in total. The summed E-state index contributed by atoms with van der Waals surface area (Å²) in [4.78, 5) is 25.2. The van der Waals surface area contributed by atoms with E-state index in [1.165, 1.54) is 0 Å². The van der Waals surface area contributed by atoms with Gasteiger partial charge in [-0.2, -0.15) is 18.3 Å². The summed E-state index contributed by atoms with van der Waals surface area (Å²) in [5, 5.41) is 17.1. The van der Waals surface area contributed by atoms with Gasteiger partial charge in [0.05, 0.1) is 28.8 Å². The van der Waals surface area contributed by atoms with E-state index in [0.717, 1.165) is 35.7 Å². The molecule has 2 aromatic rings. The highest BCUT2D eigenvalue weighted by Crippen LogP contribution is 2.32. The van der Waals surface area contributed by atoms with Gasteiger partial charge in [-0.1, -0.05) is 26.7 Å². The maximum absolute atomic E-state index is 13.1. The van der Waals surface area contributed by atoms with Gasteiger partial charge in [0.1, 0.15) is 6.54 Å². The third-order valence-electron chi connectivity index (χ3n) is 5.23. The zero-order chi connectivity index (χ0) is 21.3. The van der Waals surface area contributed by atoms with E-state index in [4.69, 9.17) is 0 Å². The Balaban J connectivity index is 1.95. The van der Waals surface area contributed by atoms with E-state index in [0.29, 0.717) is 18.5 Å². The summed E-state index contributed by atoms with van der Waals surface area (Å²) in [7, 11) is 0. The number of alkyl halides is 3. The smallest absolute Gasteiger partial charge is 0.391 e. The van der Waals surface area contributed by atoms with Gasteiger partial charge in [0.25, 0.3) is 5.56 Å². The predicted octanol–water partition coefficient (Wildman–Crippen LogP) is 2.96. The first-order valence-corrected chi connectivity index (χ1v) is 9.67. The van der Waals surface area contributed by atoms with Crippen LogP contribution in [-0.4, -0.2) is 32.9 Å². The lowest BCUT2D eigenvalue weighted by molar-refractivity contribution is -0.137. The van der Waals surface area contributed by atoms with Crippen LogP contribution in [0.1, 0.15) is 56.7 Å². The van der Waals surface area contributed by atoms with Crippen LogP contribution in [0.2, 0.25) is 0 Å². The van der Waals surface area contributed by atoms with Crippen molar-refractivity contribution in [2.24, 2.45) is 0 Å². The first-order chi connectivity index (χ1) is 13.6. The van der Waals surface area contributed by atoms with Crippen molar-refractivity contribution in [1.29, 1.82) is 0 Å². The van der Waals surface area contributed by atoms with E-state index in [2.05, 4.69) is 10.4 Å². The molecule has 3 rings (SSSR count). The normalized spacial score (nSPS) is 20.2. The van der Waals surface area contributed by atoms with Gasteiger partial charge in [-0.05, 0) is 37.0 Å². The summed E-state index contributed by atoms with van der Waals surface area (Å²) in [6, 6.07) is 2.55. The number of halogens is 3. The molecule has 1 aliphatic rings. The maximum atomic E-state index is 13.1. The molecule has 1 saturated carbocycles. The van der Waals surface area contributed by atoms with Crippen molar-refractivity contribution in [3.63, 3.8) is 0 Å². The number of aromatic nitrogens is 2. The average Bonchev–Trinajstić information content (AvgIpc) is 2.64. The van der Waals surface area contributed by atoms with Gasteiger partial charge in [0.2, 0.25) is 5.91 Å². The fourth-order valence-corrected chi connectivity index (χ4v) is 3.69. The van der Waals surface area contributed by atoms with Gasteiger partial charge in [-0.25, -0.2) is 4.68 Å². The van der Waals surface area contributed by atoms with Crippen molar-refractivity contribution >= 4 is 16.7 Å². The molecule has 6 nitrogen and oxygen atoms in total. The highest BCUT2D eigenvalue weighted by molar-refractivity contribution is 5.85. The molecule has 1 aromatic carbocycles. The quantitative estimate of drug-likeness (QED) is 0.810. The Morgan fingerprint density at radius 3 is 2.59 bits per heavy atom. The number of hydrogen-bond donors (Lipinski definition) is 2. The number of nitrogens with zero attached hydrogens (tertiary/aromatic N) is 2. The predicted molar refractivity (Wildman–Crippen MR) is 101 cm³/mol. The number of rotatable bonds is 4. The largest absolute Gasteiger partial charge is 0.416 e. The van der Waals surface area contributed by atoms with E-state index in [1.54, 1.807) is 13.8 Å². The summed E-state index contributed by atoms with van der Waals surface area (Å²) >= 11 is 0. The molecule has 1 fully saturated rings. The van der Waals surface area contributed by atoms with E-state index >= 15 is 0 Å². The van der Waals surface area contributed by atoms with E-state index in [-0.39, 0.29) is 29.3 Å². The second-order valence-electron chi connectivity index (χ2n) is 7.79. The average molecular weight is 411 g/mol. The molecule has 0 saturated heterocycles. The van der Waals surface area contributed by atoms with Crippen LogP contribution in [0.5, 0.6) is 0 Å². The molecule has 9 heteroatoms. The second kappa shape index (κ2) is 8.14. The minimum absolute atomic E-state index is 0.0854. The lowest BCUT2D eigenvalue weighted by atomic mass is 9.92. The molecule has 158 valence electrons. The van der Waals surface area contributed by atoms with Crippen molar-refractivity contribution in [3.8, 4) is 0 Å². The first kappa shape index (κ1) is 21.3. The lowest BCUT2D eigenvalue weighted by Crippen LogP contribution is -2.47. The molecule has 1 heterocycles. The summed E-state index contributed by atoms with van der Waals surface area (Å²) in [5.74, 6) is -0.720. The van der Waals surface area contributed by atoms with Gasteiger partial charge in [-0.15, -0.1) is 0 Å². The second-order valence-corrected chi connectivity index (χ2v) is 7.79. The number of amides is 1. The lowest BCUT2D eigenvalue weighted by Gasteiger charge is -2.28. The number of benzene rings is 1. The number of nitrogens with one attached hydrogen (secondary N) is 1. The van der Waals surface area contributed by atoms with Crippen LogP contribution in [0.3, 0.4) is 0 Å². The number of carbonyl (C=O) groups excluding carboxylic acids is 1. The fourth-order valence-electron chi connectivity index (χ4n) is 3.69. The third-order valence-corrected chi connectivity index (χ3v) is 5.23. The number of fused-ring (bicyclic) bond motifs is 1. The number of hydrogen-bond acceptors (Lipinski definition) is 4. The summed E-state index contributed by atoms with van der Waals surface area (Å²) in [6.45, 7) is 3.16.